The summed E-state index contributed by atoms with van der Waals surface area (Å²) in [5, 5.41) is 2.55. The monoisotopic (exact) mass is 259 g/mol. The molecule has 94 valence electrons. The fraction of sp³-hybridized carbons (Fsp3) is 0.364. The molecule has 1 aromatic carbocycles. The van der Waals surface area contributed by atoms with Gasteiger partial charge in [0.05, 0.1) is 25.8 Å². The number of amides is 1. The van der Waals surface area contributed by atoms with Crippen LogP contribution < -0.4 is 14.8 Å². The van der Waals surface area contributed by atoms with E-state index in [1.54, 1.807) is 18.2 Å². The van der Waals surface area contributed by atoms with Crippen LogP contribution in [0.2, 0.25) is 0 Å². The van der Waals surface area contributed by atoms with E-state index in [1.165, 1.54) is 14.2 Å². The van der Waals surface area contributed by atoms with Crippen molar-refractivity contribution in [2.24, 2.45) is 0 Å². The minimum absolute atomic E-state index is 0.152. The average molecular weight is 260 g/mol. The first-order valence-electron chi connectivity index (χ1n) is 4.93. The van der Waals surface area contributed by atoms with E-state index in [9.17, 15) is 4.79 Å². The van der Waals surface area contributed by atoms with Gasteiger partial charge >= 0.3 is 6.09 Å². The third-order valence-electron chi connectivity index (χ3n) is 1.95. The molecule has 1 N–H and O–H groups in total. The van der Waals surface area contributed by atoms with Crippen molar-refractivity contribution in [2.45, 2.75) is 0 Å². The summed E-state index contributed by atoms with van der Waals surface area (Å²) in [6.07, 6.45) is -0.586. The molecular weight excluding hydrogens is 246 g/mol. The topological polar surface area (TPSA) is 56.8 Å². The number of benzene rings is 1. The molecule has 1 amide bonds. The smallest absolute Gasteiger partial charge is 0.411 e. The van der Waals surface area contributed by atoms with Gasteiger partial charge in [0, 0.05) is 6.07 Å². The lowest BCUT2D eigenvalue weighted by atomic mass is 10.2. The van der Waals surface area contributed by atoms with Gasteiger partial charge in [0.15, 0.2) is 0 Å². The second-order valence-corrected chi connectivity index (χ2v) is 3.39. The standard InChI is InChI=1S/C11H14ClNO4/c1-15-8-3-4-10(16-2)9(7-8)13-11(14)17-6-5-12/h3-4,7H,5-6H2,1-2H3,(H,13,14). The van der Waals surface area contributed by atoms with E-state index in [0.29, 0.717) is 17.2 Å². The molecular formula is C11H14ClNO4. The van der Waals surface area contributed by atoms with E-state index in [2.05, 4.69) is 5.32 Å². The number of carbonyl (C=O) groups excluding carboxylic acids is 1. The van der Waals surface area contributed by atoms with Crippen LogP contribution in [-0.2, 0) is 4.74 Å². The number of hydrogen-bond donors (Lipinski definition) is 1. The van der Waals surface area contributed by atoms with Crippen LogP contribution in [0.15, 0.2) is 18.2 Å². The molecule has 0 aliphatic heterocycles. The Balaban J connectivity index is 2.76. The number of rotatable bonds is 5. The van der Waals surface area contributed by atoms with Crippen LogP contribution in [0.1, 0.15) is 0 Å². The molecule has 0 aromatic heterocycles. The van der Waals surface area contributed by atoms with E-state index >= 15 is 0 Å². The molecule has 0 unspecified atom stereocenters. The van der Waals surface area contributed by atoms with Crippen LogP contribution in [-0.4, -0.2) is 32.8 Å². The summed E-state index contributed by atoms with van der Waals surface area (Å²) >= 11 is 5.41. The summed E-state index contributed by atoms with van der Waals surface area (Å²) in [6.45, 7) is 0.152. The molecule has 0 radical (unpaired) electrons. The predicted molar refractivity (Wildman–Crippen MR) is 65.2 cm³/mol. The van der Waals surface area contributed by atoms with Gasteiger partial charge in [-0.2, -0.15) is 0 Å². The molecule has 0 fully saturated rings. The molecule has 0 spiro atoms. The normalized spacial score (nSPS) is 9.59. The zero-order chi connectivity index (χ0) is 12.7. The fourth-order valence-corrected chi connectivity index (χ4v) is 1.27. The Morgan fingerprint density at radius 2 is 2.12 bits per heavy atom. The highest BCUT2D eigenvalue weighted by Crippen LogP contribution is 2.28. The summed E-state index contributed by atoms with van der Waals surface area (Å²) < 4.78 is 14.9. The molecule has 17 heavy (non-hydrogen) atoms. The van der Waals surface area contributed by atoms with Crippen molar-refractivity contribution in [2.75, 3.05) is 32.0 Å². The first-order valence-corrected chi connectivity index (χ1v) is 5.46. The molecule has 0 atom stereocenters. The van der Waals surface area contributed by atoms with Gasteiger partial charge in [-0.05, 0) is 12.1 Å². The van der Waals surface area contributed by atoms with Crippen LogP contribution in [0, 0.1) is 0 Å². The lowest BCUT2D eigenvalue weighted by Crippen LogP contribution is -2.15. The van der Waals surface area contributed by atoms with Gasteiger partial charge in [0.25, 0.3) is 0 Å². The molecule has 0 aliphatic rings. The Morgan fingerprint density at radius 1 is 1.35 bits per heavy atom. The Kier molecular flexibility index (Phi) is 5.42. The maximum Gasteiger partial charge on any atom is 0.411 e. The van der Waals surface area contributed by atoms with Gasteiger partial charge in [-0.3, -0.25) is 5.32 Å². The van der Waals surface area contributed by atoms with E-state index in [1.807, 2.05) is 0 Å². The second-order valence-electron chi connectivity index (χ2n) is 3.02. The van der Waals surface area contributed by atoms with Crippen LogP contribution in [0.3, 0.4) is 0 Å². The first kappa shape index (κ1) is 13.4. The number of halogens is 1. The highest BCUT2D eigenvalue weighted by atomic mass is 35.5. The third kappa shape index (κ3) is 4.03. The van der Waals surface area contributed by atoms with Gasteiger partial charge in [0.2, 0.25) is 0 Å². The maximum atomic E-state index is 11.4. The summed E-state index contributed by atoms with van der Waals surface area (Å²) in [7, 11) is 3.05. The highest BCUT2D eigenvalue weighted by molar-refractivity contribution is 6.18. The highest BCUT2D eigenvalue weighted by Gasteiger charge is 2.09. The summed E-state index contributed by atoms with van der Waals surface area (Å²) in [5.74, 6) is 1.38. The largest absolute Gasteiger partial charge is 0.497 e. The molecule has 0 heterocycles. The quantitative estimate of drug-likeness (QED) is 0.826. The molecule has 0 saturated carbocycles. The third-order valence-corrected chi connectivity index (χ3v) is 2.11. The summed E-state index contributed by atoms with van der Waals surface area (Å²) in [5.41, 5.74) is 0.478. The number of alkyl halides is 1. The predicted octanol–water partition coefficient (Wildman–Crippen LogP) is 2.49. The Hall–Kier alpha value is -1.62. The van der Waals surface area contributed by atoms with Gasteiger partial charge in [-0.25, -0.2) is 4.79 Å². The molecule has 0 aliphatic carbocycles. The van der Waals surface area contributed by atoms with Crippen LogP contribution in [0.5, 0.6) is 11.5 Å². The molecule has 5 nitrogen and oxygen atoms in total. The van der Waals surface area contributed by atoms with Crippen molar-refractivity contribution in [3.63, 3.8) is 0 Å². The number of anilines is 1. The number of carbonyl (C=O) groups is 1. The lowest BCUT2D eigenvalue weighted by molar-refractivity contribution is 0.168. The number of methoxy groups -OCH3 is 2. The number of nitrogens with one attached hydrogen (secondary N) is 1. The first-order chi connectivity index (χ1) is 8.21. The summed E-state index contributed by atoms with van der Waals surface area (Å²) in [4.78, 5) is 11.4. The van der Waals surface area contributed by atoms with Crippen molar-refractivity contribution in [3.05, 3.63) is 18.2 Å². The fourth-order valence-electron chi connectivity index (χ4n) is 1.19. The minimum atomic E-state index is -0.586. The molecule has 0 bridgehead atoms. The lowest BCUT2D eigenvalue weighted by Gasteiger charge is -2.11. The van der Waals surface area contributed by atoms with Crippen LogP contribution >= 0.6 is 11.6 Å². The molecule has 1 rings (SSSR count). The molecule has 6 heteroatoms. The van der Waals surface area contributed by atoms with Crippen LogP contribution in [0.25, 0.3) is 0 Å². The summed E-state index contributed by atoms with van der Waals surface area (Å²) in [6, 6.07) is 5.06. The number of hydrogen-bond acceptors (Lipinski definition) is 4. The average Bonchev–Trinajstić information content (AvgIpc) is 2.36. The van der Waals surface area contributed by atoms with Crippen LogP contribution in [0.4, 0.5) is 10.5 Å². The zero-order valence-corrected chi connectivity index (χ0v) is 10.4. The zero-order valence-electron chi connectivity index (χ0n) is 9.66. The van der Waals surface area contributed by atoms with Gasteiger partial charge in [0.1, 0.15) is 18.1 Å². The Labute approximate surface area is 105 Å². The van der Waals surface area contributed by atoms with Crippen molar-refractivity contribution in [1.82, 2.24) is 0 Å². The van der Waals surface area contributed by atoms with E-state index in [0.717, 1.165) is 0 Å². The van der Waals surface area contributed by atoms with Gasteiger partial charge in [-0.1, -0.05) is 0 Å². The SMILES string of the molecule is COc1ccc(OC)c(NC(=O)OCCCl)c1. The van der Waals surface area contributed by atoms with Gasteiger partial charge in [-0.15, -0.1) is 11.6 Å². The van der Waals surface area contributed by atoms with E-state index < -0.39 is 6.09 Å². The van der Waals surface area contributed by atoms with E-state index in [4.69, 9.17) is 25.8 Å². The van der Waals surface area contributed by atoms with Crippen molar-refractivity contribution >= 4 is 23.4 Å². The maximum absolute atomic E-state index is 11.4. The molecule has 1 aromatic rings. The molecule has 0 saturated heterocycles. The van der Waals surface area contributed by atoms with Crippen molar-refractivity contribution < 1.29 is 19.0 Å². The number of ether oxygens (including phenoxy) is 3. The van der Waals surface area contributed by atoms with Gasteiger partial charge < -0.3 is 14.2 Å². The van der Waals surface area contributed by atoms with Crippen molar-refractivity contribution in [3.8, 4) is 11.5 Å². The van der Waals surface area contributed by atoms with E-state index in [-0.39, 0.29) is 12.5 Å². The Morgan fingerprint density at radius 3 is 2.71 bits per heavy atom. The minimum Gasteiger partial charge on any atom is -0.497 e. The second kappa shape index (κ2) is 6.85. The Bertz CT molecular complexity index is 384. The van der Waals surface area contributed by atoms with Crippen molar-refractivity contribution in [1.29, 1.82) is 0 Å².